The second-order valence-electron chi connectivity index (χ2n) is 10.1. The number of nitrogens with one attached hydrogen (secondary N) is 1. The molecule has 1 amide bonds. The fraction of sp³-hybridized carbons (Fsp3) is 0.414. The van der Waals surface area contributed by atoms with Crippen molar-refractivity contribution in [3.05, 3.63) is 89.0 Å². The summed E-state index contributed by atoms with van der Waals surface area (Å²) in [6.07, 6.45) is -1.00. The van der Waals surface area contributed by atoms with Gasteiger partial charge in [0.15, 0.2) is 0 Å². The van der Waals surface area contributed by atoms with Crippen LogP contribution in [0.5, 0.6) is 0 Å². The molecule has 1 N–H and O–H groups in total. The van der Waals surface area contributed by atoms with Crippen LogP contribution in [-0.4, -0.2) is 30.4 Å². The molecule has 2 aliphatic rings. The zero-order chi connectivity index (χ0) is 27.6. The lowest BCUT2D eigenvalue weighted by Gasteiger charge is -2.39. The summed E-state index contributed by atoms with van der Waals surface area (Å²) in [5.74, 6) is -0.902. The molecular weight excluding hydrogens is 506 g/mol. The third-order valence-corrected chi connectivity index (χ3v) is 7.56. The van der Waals surface area contributed by atoms with Gasteiger partial charge in [0.25, 0.3) is 0 Å². The van der Waals surface area contributed by atoms with E-state index >= 15 is 0 Å². The molecule has 0 radical (unpaired) electrons. The molecule has 0 bridgehead atoms. The Bertz CT molecular complexity index is 1160. The number of nitrogens with zero attached hydrogens (tertiary/aromatic N) is 1. The van der Waals surface area contributed by atoms with E-state index in [1.807, 2.05) is 6.07 Å². The summed E-state index contributed by atoms with van der Waals surface area (Å²) in [6, 6.07) is 9.74. The molecule has 9 heteroatoms. The van der Waals surface area contributed by atoms with Crippen molar-refractivity contribution < 1.29 is 31.1 Å². The van der Waals surface area contributed by atoms with Crippen molar-refractivity contribution in [3.8, 4) is 0 Å². The third-order valence-electron chi connectivity index (χ3n) is 7.56. The van der Waals surface area contributed by atoms with Crippen LogP contribution in [0.25, 0.3) is 6.08 Å². The Morgan fingerprint density at radius 2 is 1.66 bits per heavy atom. The van der Waals surface area contributed by atoms with Crippen molar-refractivity contribution >= 4 is 12.0 Å². The van der Waals surface area contributed by atoms with E-state index in [0.717, 1.165) is 25.9 Å². The lowest BCUT2D eigenvalue weighted by molar-refractivity contribution is -0.143. The van der Waals surface area contributed by atoms with Crippen LogP contribution in [0.1, 0.15) is 53.5 Å². The lowest BCUT2D eigenvalue weighted by atomic mass is 9.74. The smallest absolute Gasteiger partial charge is 0.352 e. The van der Waals surface area contributed by atoms with E-state index in [9.17, 15) is 31.1 Å². The molecule has 1 atom stereocenters. The first-order chi connectivity index (χ1) is 17.9. The van der Waals surface area contributed by atoms with E-state index in [4.69, 9.17) is 0 Å². The highest BCUT2D eigenvalue weighted by Crippen LogP contribution is 2.43. The summed E-state index contributed by atoms with van der Waals surface area (Å²) >= 11 is 0. The summed E-state index contributed by atoms with van der Waals surface area (Å²) < 4.78 is 78.8. The van der Waals surface area contributed by atoms with Crippen LogP contribution in [0, 0.1) is 5.92 Å². The molecule has 0 unspecified atom stereocenters. The minimum Gasteiger partial charge on any atom is -0.352 e. The first-order valence-corrected chi connectivity index (χ1v) is 12.6. The Hall–Kier alpha value is -3.07. The standard InChI is InChI=1S/C29H30F6N2O/c1-2-5-22(9-13-37-14-11-27(12-15-37)10-8-21-6-3-4-7-25(21)27)26(38)36-19-20-16-23(28(30,31)32)18-24(17-20)29(33,34)35/h2-4,6-8,10,16-18,22H,1,5,9,11-15,19H2,(H,36,38)/t22-/m1/s1. The van der Waals surface area contributed by atoms with E-state index in [1.54, 1.807) is 6.08 Å². The van der Waals surface area contributed by atoms with Gasteiger partial charge in [-0.1, -0.05) is 42.5 Å². The van der Waals surface area contributed by atoms with Crippen molar-refractivity contribution in [2.45, 2.75) is 50.0 Å². The van der Waals surface area contributed by atoms with Crippen molar-refractivity contribution in [2.75, 3.05) is 19.6 Å². The second kappa shape index (κ2) is 11.0. The minimum absolute atomic E-state index is 0.0468. The minimum atomic E-state index is -4.94. The monoisotopic (exact) mass is 536 g/mol. The van der Waals surface area contributed by atoms with Gasteiger partial charge in [-0.3, -0.25) is 4.79 Å². The first kappa shape index (κ1) is 28.0. The highest BCUT2D eigenvalue weighted by atomic mass is 19.4. The summed E-state index contributed by atoms with van der Waals surface area (Å²) in [4.78, 5) is 15.2. The number of piperidine rings is 1. The van der Waals surface area contributed by atoms with Crippen LogP contribution in [0.3, 0.4) is 0 Å². The van der Waals surface area contributed by atoms with Crippen LogP contribution >= 0.6 is 0 Å². The maximum Gasteiger partial charge on any atom is 0.416 e. The molecule has 2 aromatic carbocycles. The van der Waals surface area contributed by atoms with E-state index in [0.29, 0.717) is 31.5 Å². The van der Waals surface area contributed by atoms with Gasteiger partial charge in [-0.15, -0.1) is 6.58 Å². The average Bonchev–Trinajstić information content (AvgIpc) is 3.23. The molecule has 1 saturated heterocycles. The van der Waals surface area contributed by atoms with E-state index < -0.39 is 41.8 Å². The zero-order valence-corrected chi connectivity index (χ0v) is 20.8. The molecule has 1 heterocycles. The molecule has 3 nitrogen and oxygen atoms in total. The molecule has 1 fully saturated rings. The normalized spacial score (nSPS) is 17.8. The van der Waals surface area contributed by atoms with Crippen LogP contribution < -0.4 is 5.32 Å². The predicted molar refractivity (Wildman–Crippen MR) is 134 cm³/mol. The quantitative estimate of drug-likeness (QED) is 0.292. The first-order valence-electron chi connectivity index (χ1n) is 12.6. The molecular formula is C29H30F6N2O. The number of halogens is 6. The number of fused-ring (bicyclic) bond motifs is 2. The topological polar surface area (TPSA) is 32.3 Å². The average molecular weight is 537 g/mol. The fourth-order valence-electron chi connectivity index (χ4n) is 5.40. The summed E-state index contributed by atoms with van der Waals surface area (Å²) in [7, 11) is 0. The van der Waals surface area contributed by atoms with Gasteiger partial charge in [0, 0.05) is 17.9 Å². The molecule has 1 aliphatic carbocycles. The van der Waals surface area contributed by atoms with Gasteiger partial charge in [0.05, 0.1) is 11.1 Å². The Morgan fingerprint density at radius 1 is 1.03 bits per heavy atom. The Kier molecular flexibility index (Phi) is 8.06. The summed E-state index contributed by atoms with van der Waals surface area (Å²) in [6.45, 7) is 5.65. The Morgan fingerprint density at radius 3 is 2.26 bits per heavy atom. The molecule has 0 saturated carbocycles. The van der Waals surface area contributed by atoms with Crippen molar-refractivity contribution in [1.82, 2.24) is 10.2 Å². The number of hydrogen-bond donors (Lipinski definition) is 1. The molecule has 1 aliphatic heterocycles. The van der Waals surface area contributed by atoms with E-state index in [-0.39, 0.29) is 17.0 Å². The number of allylic oxidation sites excluding steroid dienone is 2. The zero-order valence-electron chi connectivity index (χ0n) is 20.8. The molecule has 0 aromatic heterocycles. The van der Waals surface area contributed by atoms with E-state index in [1.165, 1.54) is 11.1 Å². The van der Waals surface area contributed by atoms with Gasteiger partial charge in [-0.05, 0) is 80.2 Å². The third kappa shape index (κ3) is 6.31. The number of benzene rings is 2. The molecule has 204 valence electrons. The number of amides is 1. The number of rotatable bonds is 8. The molecule has 4 rings (SSSR count). The highest BCUT2D eigenvalue weighted by Gasteiger charge is 2.38. The predicted octanol–water partition coefficient (Wildman–Crippen LogP) is 6.98. The van der Waals surface area contributed by atoms with Crippen molar-refractivity contribution in [1.29, 1.82) is 0 Å². The van der Waals surface area contributed by atoms with E-state index in [2.05, 4.69) is 47.1 Å². The molecule has 1 spiro atoms. The number of carbonyl (C=O) groups is 1. The SMILES string of the molecule is C=CC[C@H](CCN1CCC2(C=Cc3ccccc32)CC1)C(=O)NCc1cc(C(F)(F)F)cc(C(F)(F)F)c1. The van der Waals surface area contributed by atoms with Gasteiger partial charge >= 0.3 is 12.4 Å². The van der Waals surface area contributed by atoms with Crippen molar-refractivity contribution in [3.63, 3.8) is 0 Å². The van der Waals surface area contributed by atoms with Crippen molar-refractivity contribution in [2.24, 2.45) is 5.92 Å². The molecule has 2 aromatic rings. The van der Waals surface area contributed by atoms with Gasteiger partial charge in [0.1, 0.15) is 0 Å². The van der Waals surface area contributed by atoms with Crippen LogP contribution in [0.4, 0.5) is 26.3 Å². The maximum atomic E-state index is 13.1. The fourth-order valence-corrected chi connectivity index (χ4v) is 5.40. The lowest BCUT2D eigenvalue weighted by Crippen LogP contribution is -2.42. The van der Waals surface area contributed by atoms with Crippen LogP contribution in [-0.2, 0) is 29.1 Å². The van der Waals surface area contributed by atoms with Gasteiger partial charge in [-0.2, -0.15) is 26.3 Å². The Labute approximate surface area is 218 Å². The number of likely N-dealkylation sites (tertiary alicyclic amines) is 1. The van der Waals surface area contributed by atoms with Crippen LogP contribution in [0.15, 0.2) is 61.2 Å². The van der Waals surface area contributed by atoms with Gasteiger partial charge in [0.2, 0.25) is 5.91 Å². The van der Waals surface area contributed by atoms with Gasteiger partial charge < -0.3 is 10.2 Å². The maximum absolute atomic E-state index is 13.1. The van der Waals surface area contributed by atoms with Gasteiger partial charge in [-0.25, -0.2) is 0 Å². The summed E-state index contributed by atoms with van der Waals surface area (Å²) in [5.41, 5.74) is -0.406. The number of carbonyl (C=O) groups excluding carboxylic acids is 1. The molecule has 38 heavy (non-hydrogen) atoms. The largest absolute Gasteiger partial charge is 0.416 e. The van der Waals surface area contributed by atoms with Crippen LogP contribution in [0.2, 0.25) is 0 Å². The summed E-state index contributed by atoms with van der Waals surface area (Å²) in [5, 5.41) is 2.53. The second-order valence-corrected chi connectivity index (χ2v) is 10.1. The Balaban J connectivity index is 1.34. The number of hydrogen-bond acceptors (Lipinski definition) is 2. The number of alkyl halides is 6. The highest BCUT2D eigenvalue weighted by molar-refractivity contribution is 5.78.